The molecule has 0 aliphatic rings. The second-order valence-corrected chi connectivity index (χ2v) is 9.37. The Hall–Kier alpha value is -4.35. The molecule has 2 atom stereocenters. The zero-order chi connectivity index (χ0) is 28.6. The van der Waals surface area contributed by atoms with Crippen LogP contribution >= 0.6 is 0 Å². The predicted molar refractivity (Wildman–Crippen MR) is 147 cm³/mol. The number of H-pyrrole nitrogens is 1. The van der Waals surface area contributed by atoms with Gasteiger partial charge in [-0.15, -0.1) is 0 Å². The van der Waals surface area contributed by atoms with Crippen molar-refractivity contribution >= 4 is 29.0 Å². The van der Waals surface area contributed by atoms with Crippen molar-refractivity contribution in [2.45, 2.75) is 38.5 Å². The summed E-state index contributed by atoms with van der Waals surface area (Å²) in [7, 11) is 1.23. The van der Waals surface area contributed by atoms with E-state index in [9.17, 15) is 23.5 Å². The smallest absolute Gasteiger partial charge is 0.413 e. The summed E-state index contributed by atoms with van der Waals surface area (Å²) >= 11 is 0. The number of halogens is 2. The molecule has 40 heavy (non-hydrogen) atoms. The molecule has 2 amide bonds. The number of aliphatic hydroxyl groups is 1. The Morgan fingerprint density at radius 3 is 2.50 bits per heavy atom. The minimum Gasteiger partial charge on any atom is -0.453 e. The lowest BCUT2D eigenvalue weighted by molar-refractivity contribution is 0.0830. The third-order valence-corrected chi connectivity index (χ3v) is 6.39. The minimum atomic E-state index is -1.07. The summed E-state index contributed by atoms with van der Waals surface area (Å²) in [5.41, 5.74) is 3.77. The van der Waals surface area contributed by atoms with Crippen LogP contribution < -0.4 is 16.0 Å². The number of aromatic amines is 1. The van der Waals surface area contributed by atoms with Gasteiger partial charge in [0.2, 0.25) is 5.95 Å². The number of aryl methyl sites for hydroxylation is 1. The lowest BCUT2D eigenvalue weighted by Gasteiger charge is -2.25. The molecular weight excluding hydrogens is 520 g/mol. The second-order valence-electron chi connectivity index (χ2n) is 9.37. The number of hydrogen-bond donors (Lipinski definition) is 5. The number of amides is 2. The van der Waals surface area contributed by atoms with Crippen LogP contribution in [0.5, 0.6) is 0 Å². The predicted octanol–water partition coefficient (Wildman–Crippen LogP) is 4.07. The highest BCUT2D eigenvalue weighted by molar-refractivity contribution is 5.98. The highest BCUT2D eigenvalue weighted by atomic mass is 19.1. The minimum absolute atomic E-state index is 0.00751. The first kappa shape index (κ1) is 28.7. The molecule has 0 saturated carbocycles. The summed E-state index contributed by atoms with van der Waals surface area (Å²) in [4.78, 5) is 31.8. The van der Waals surface area contributed by atoms with Gasteiger partial charge >= 0.3 is 6.09 Å². The topological polar surface area (TPSA) is 128 Å². The first-order chi connectivity index (χ1) is 19.2. The molecule has 0 aliphatic heterocycles. The SMILES string of the molecule is CCc1cccc(CNC[C@H](O)[C@H](Cc2cc(F)cc(F)c2)NC(=O)c2ccc3[nH]c(NC(=O)OC)nc3c2)c1. The molecule has 9 nitrogen and oxygen atoms in total. The lowest BCUT2D eigenvalue weighted by atomic mass is 10.00. The maximum absolute atomic E-state index is 13.9. The fourth-order valence-electron chi connectivity index (χ4n) is 4.34. The molecule has 1 heterocycles. The average molecular weight is 552 g/mol. The van der Waals surface area contributed by atoms with Gasteiger partial charge in [-0.3, -0.25) is 10.1 Å². The monoisotopic (exact) mass is 551 g/mol. The number of nitrogens with one attached hydrogen (secondary N) is 4. The van der Waals surface area contributed by atoms with Gasteiger partial charge in [-0.2, -0.15) is 0 Å². The van der Waals surface area contributed by atoms with Crippen LogP contribution in [0.4, 0.5) is 19.5 Å². The third kappa shape index (κ3) is 7.61. The van der Waals surface area contributed by atoms with Crippen molar-refractivity contribution in [3.05, 3.63) is 94.6 Å². The van der Waals surface area contributed by atoms with Crippen molar-refractivity contribution < 1.29 is 28.2 Å². The fraction of sp³-hybridized carbons (Fsp3) is 0.276. The van der Waals surface area contributed by atoms with Gasteiger partial charge in [0.05, 0.1) is 30.3 Å². The number of aromatic nitrogens is 2. The number of methoxy groups -OCH3 is 1. The summed E-state index contributed by atoms with van der Waals surface area (Å²) in [5.74, 6) is -1.85. The Balaban J connectivity index is 1.49. The maximum Gasteiger partial charge on any atom is 0.413 e. The van der Waals surface area contributed by atoms with E-state index < -0.39 is 35.8 Å². The van der Waals surface area contributed by atoms with Crippen LogP contribution in [-0.2, 0) is 24.1 Å². The van der Waals surface area contributed by atoms with E-state index in [1.807, 2.05) is 18.2 Å². The molecule has 3 aromatic carbocycles. The Bertz CT molecular complexity index is 1470. The van der Waals surface area contributed by atoms with Gasteiger partial charge in [0.1, 0.15) is 11.6 Å². The van der Waals surface area contributed by atoms with Crippen molar-refractivity contribution in [2.24, 2.45) is 0 Å². The molecule has 210 valence electrons. The Morgan fingerprint density at radius 1 is 1.02 bits per heavy atom. The summed E-state index contributed by atoms with van der Waals surface area (Å²) in [6.45, 7) is 2.69. The van der Waals surface area contributed by atoms with Crippen LogP contribution in [0.1, 0.15) is 34.0 Å². The van der Waals surface area contributed by atoms with E-state index in [2.05, 4.69) is 43.6 Å². The summed E-state index contributed by atoms with van der Waals surface area (Å²) in [6.07, 6.45) is -0.877. The van der Waals surface area contributed by atoms with Crippen LogP contribution in [0.3, 0.4) is 0 Å². The van der Waals surface area contributed by atoms with E-state index in [0.29, 0.717) is 23.1 Å². The average Bonchev–Trinajstić information content (AvgIpc) is 3.33. The molecule has 0 fully saturated rings. The molecule has 5 N–H and O–H groups in total. The van der Waals surface area contributed by atoms with E-state index in [0.717, 1.165) is 18.1 Å². The second kappa shape index (κ2) is 13.1. The van der Waals surface area contributed by atoms with Crippen LogP contribution in [0.15, 0.2) is 60.7 Å². The van der Waals surface area contributed by atoms with Crippen molar-refractivity contribution in [1.29, 1.82) is 0 Å². The van der Waals surface area contributed by atoms with Crippen LogP contribution in [0, 0.1) is 11.6 Å². The quantitative estimate of drug-likeness (QED) is 0.191. The zero-order valence-electron chi connectivity index (χ0n) is 22.1. The molecule has 0 spiro atoms. The zero-order valence-corrected chi connectivity index (χ0v) is 22.1. The molecule has 0 aliphatic carbocycles. The van der Waals surface area contributed by atoms with Gasteiger partial charge in [-0.1, -0.05) is 31.2 Å². The lowest BCUT2D eigenvalue weighted by Crippen LogP contribution is -2.48. The van der Waals surface area contributed by atoms with E-state index in [-0.39, 0.29) is 24.5 Å². The molecule has 0 unspecified atom stereocenters. The van der Waals surface area contributed by atoms with Gasteiger partial charge in [-0.25, -0.2) is 18.6 Å². The Morgan fingerprint density at radius 2 is 1.77 bits per heavy atom. The molecule has 1 aromatic heterocycles. The number of carbonyl (C=O) groups excluding carboxylic acids is 2. The molecule has 0 bridgehead atoms. The van der Waals surface area contributed by atoms with Gasteiger partial charge in [0, 0.05) is 24.7 Å². The maximum atomic E-state index is 13.9. The standard InChI is InChI=1S/C29H31F2N5O4/c1-3-17-5-4-6-18(9-17)15-32-16-26(37)25(12-19-10-21(30)14-22(31)11-19)33-27(38)20-7-8-23-24(13-20)35-28(34-23)36-29(39)40-2/h4-11,13-14,25-26,32,37H,3,12,15-16H2,1-2H3,(H,33,38)(H2,34,35,36,39)/t25-,26-/m0/s1. The molecule has 11 heteroatoms. The summed E-state index contributed by atoms with van der Waals surface area (Å²) < 4.78 is 32.3. The van der Waals surface area contributed by atoms with Crippen LogP contribution in [0.25, 0.3) is 11.0 Å². The molecule has 4 aromatic rings. The number of fused-ring (bicyclic) bond motifs is 1. The number of aliphatic hydroxyl groups excluding tert-OH is 1. The van der Waals surface area contributed by atoms with Crippen LogP contribution in [0.2, 0.25) is 0 Å². The highest BCUT2D eigenvalue weighted by Gasteiger charge is 2.23. The third-order valence-electron chi connectivity index (χ3n) is 6.39. The number of anilines is 1. The van der Waals surface area contributed by atoms with E-state index in [4.69, 9.17) is 0 Å². The summed E-state index contributed by atoms with van der Waals surface area (Å²) in [5, 5.41) is 19.4. The number of ether oxygens (including phenoxy) is 1. The largest absolute Gasteiger partial charge is 0.453 e. The van der Waals surface area contributed by atoms with Crippen molar-refractivity contribution in [3.8, 4) is 0 Å². The molecule has 0 radical (unpaired) electrons. The normalized spacial score (nSPS) is 12.6. The molecule has 0 saturated heterocycles. The van der Waals surface area contributed by atoms with Crippen LogP contribution in [-0.4, -0.2) is 52.9 Å². The first-order valence-electron chi connectivity index (χ1n) is 12.8. The van der Waals surface area contributed by atoms with Gasteiger partial charge in [-0.05, 0) is 59.9 Å². The Kier molecular flexibility index (Phi) is 9.41. The number of nitrogens with zero attached hydrogens (tertiary/aromatic N) is 1. The fourth-order valence-corrected chi connectivity index (χ4v) is 4.34. The number of benzene rings is 3. The first-order valence-corrected chi connectivity index (χ1v) is 12.8. The van der Waals surface area contributed by atoms with E-state index in [1.54, 1.807) is 12.1 Å². The van der Waals surface area contributed by atoms with Crippen molar-refractivity contribution in [1.82, 2.24) is 20.6 Å². The van der Waals surface area contributed by atoms with Gasteiger partial charge in [0.25, 0.3) is 5.91 Å². The van der Waals surface area contributed by atoms with Crippen molar-refractivity contribution in [2.75, 3.05) is 19.0 Å². The Labute approximate surface area is 230 Å². The number of rotatable bonds is 11. The number of imidazole rings is 1. The van der Waals surface area contributed by atoms with E-state index >= 15 is 0 Å². The number of carbonyl (C=O) groups is 2. The molecule has 4 rings (SSSR count). The van der Waals surface area contributed by atoms with Gasteiger partial charge < -0.3 is 25.5 Å². The number of hydrogen-bond acceptors (Lipinski definition) is 6. The van der Waals surface area contributed by atoms with E-state index in [1.165, 1.54) is 30.9 Å². The summed E-state index contributed by atoms with van der Waals surface area (Å²) in [6, 6.07) is 15.0. The molecular formula is C29H31F2N5O4. The van der Waals surface area contributed by atoms with Gasteiger partial charge in [0.15, 0.2) is 0 Å². The highest BCUT2D eigenvalue weighted by Crippen LogP contribution is 2.18. The van der Waals surface area contributed by atoms with Crippen molar-refractivity contribution in [3.63, 3.8) is 0 Å².